The van der Waals surface area contributed by atoms with Gasteiger partial charge in [0.1, 0.15) is 5.69 Å². The number of nitrogens with one attached hydrogen (secondary N) is 1. The second kappa shape index (κ2) is 6.09. The highest BCUT2D eigenvalue weighted by atomic mass is 16.2. The minimum atomic E-state index is -0.453. The number of nitrogens with zero attached hydrogens (tertiary/aromatic N) is 3. The summed E-state index contributed by atoms with van der Waals surface area (Å²) in [5.41, 5.74) is 5.00. The Labute approximate surface area is 155 Å². The standard InChI is InChI=1S/C21H16N4O2/c26-20-15-5-3-4-13(15)14-9-8-12(10-18(14)25-20)23-21(27)19-11-22-16-6-1-2-7-17(16)24-19/h1-2,6-11,14H,3-5H2,(H,25,26). The summed E-state index contributed by atoms with van der Waals surface area (Å²) in [4.78, 5) is 37.5. The number of fused-ring (bicyclic) bond motifs is 3. The molecular weight excluding hydrogens is 340 g/mol. The molecule has 0 spiro atoms. The van der Waals surface area contributed by atoms with Gasteiger partial charge in [-0.15, -0.1) is 0 Å². The highest BCUT2D eigenvalue weighted by Crippen LogP contribution is 2.39. The highest BCUT2D eigenvalue weighted by Gasteiger charge is 2.34. The van der Waals surface area contributed by atoms with Crippen LogP contribution < -0.4 is 5.32 Å². The number of aliphatic imine (C=N–C) groups is 1. The predicted octanol–water partition coefficient (Wildman–Crippen LogP) is 2.89. The maximum atomic E-state index is 12.5. The molecule has 1 aliphatic heterocycles. The van der Waals surface area contributed by atoms with E-state index in [2.05, 4.69) is 20.3 Å². The number of carbonyl (C=O) groups excluding carboxylic acids is 2. The minimum Gasteiger partial charge on any atom is -0.325 e. The summed E-state index contributed by atoms with van der Waals surface area (Å²) < 4.78 is 0. The van der Waals surface area contributed by atoms with Crippen LogP contribution in [-0.2, 0) is 4.79 Å². The second-order valence-corrected chi connectivity index (χ2v) is 6.83. The monoisotopic (exact) mass is 356 g/mol. The van der Waals surface area contributed by atoms with Gasteiger partial charge in [0.2, 0.25) is 0 Å². The predicted molar refractivity (Wildman–Crippen MR) is 101 cm³/mol. The molecule has 0 saturated heterocycles. The van der Waals surface area contributed by atoms with Gasteiger partial charge in [-0.05, 0) is 49.1 Å². The molecule has 27 heavy (non-hydrogen) atoms. The first-order valence-corrected chi connectivity index (χ1v) is 8.97. The van der Waals surface area contributed by atoms with E-state index in [1.165, 1.54) is 11.8 Å². The van der Waals surface area contributed by atoms with Crippen molar-refractivity contribution in [3.8, 4) is 0 Å². The first kappa shape index (κ1) is 15.8. The summed E-state index contributed by atoms with van der Waals surface area (Å²) in [7, 11) is 0. The van der Waals surface area contributed by atoms with Crippen LogP contribution in [0.25, 0.3) is 11.0 Å². The van der Waals surface area contributed by atoms with E-state index >= 15 is 0 Å². The molecule has 1 N–H and O–H groups in total. The molecular formula is C21H16N4O2. The molecule has 2 aliphatic carbocycles. The zero-order chi connectivity index (χ0) is 18.4. The van der Waals surface area contributed by atoms with Crippen molar-refractivity contribution in [2.45, 2.75) is 19.3 Å². The number of hydrogen-bond donors (Lipinski definition) is 1. The van der Waals surface area contributed by atoms with E-state index in [1.807, 2.05) is 36.4 Å². The molecule has 2 amide bonds. The van der Waals surface area contributed by atoms with Gasteiger partial charge in [-0.1, -0.05) is 18.2 Å². The Hall–Kier alpha value is -3.41. The van der Waals surface area contributed by atoms with Crippen molar-refractivity contribution in [3.05, 3.63) is 71.2 Å². The van der Waals surface area contributed by atoms with Gasteiger partial charge in [0.05, 0.1) is 22.9 Å². The van der Waals surface area contributed by atoms with Crippen LogP contribution in [0, 0.1) is 5.92 Å². The molecule has 5 rings (SSSR count). The Bertz CT molecular complexity index is 1120. The van der Waals surface area contributed by atoms with Gasteiger partial charge >= 0.3 is 0 Å². The van der Waals surface area contributed by atoms with Crippen LogP contribution in [0.1, 0.15) is 29.8 Å². The third-order valence-electron chi connectivity index (χ3n) is 5.16. The molecule has 0 radical (unpaired) electrons. The Morgan fingerprint density at radius 2 is 2.04 bits per heavy atom. The summed E-state index contributed by atoms with van der Waals surface area (Å²) in [5.74, 6) is -0.382. The van der Waals surface area contributed by atoms with E-state index in [0.29, 0.717) is 11.2 Å². The molecule has 1 aromatic carbocycles. The van der Waals surface area contributed by atoms with Gasteiger partial charge in [0.15, 0.2) is 0 Å². The van der Waals surface area contributed by atoms with Crippen LogP contribution in [0.4, 0.5) is 0 Å². The smallest absolute Gasteiger partial charge is 0.297 e. The summed E-state index contributed by atoms with van der Waals surface area (Å²) in [6.07, 6.45) is 9.88. The van der Waals surface area contributed by atoms with Gasteiger partial charge in [-0.3, -0.25) is 14.6 Å². The quantitative estimate of drug-likeness (QED) is 0.851. The van der Waals surface area contributed by atoms with Crippen molar-refractivity contribution in [3.63, 3.8) is 0 Å². The molecule has 0 saturated carbocycles. The molecule has 1 aromatic heterocycles. The Kier molecular flexibility index (Phi) is 3.57. The van der Waals surface area contributed by atoms with Gasteiger partial charge in [0, 0.05) is 17.2 Å². The second-order valence-electron chi connectivity index (χ2n) is 6.83. The fourth-order valence-corrected chi connectivity index (χ4v) is 3.89. The molecule has 1 atom stereocenters. The van der Waals surface area contributed by atoms with Crippen LogP contribution in [0.5, 0.6) is 0 Å². The molecule has 6 nitrogen and oxygen atoms in total. The lowest BCUT2D eigenvalue weighted by molar-refractivity contribution is -0.117. The minimum absolute atomic E-state index is 0.0219. The van der Waals surface area contributed by atoms with Crippen molar-refractivity contribution < 1.29 is 9.59 Å². The summed E-state index contributed by atoms with van der Waals surface area (Å²) in [5, 5.41) is 2.95. The van der Waals surface area contributed by atoms with E-state index in [9.17, 15) is 9.59 Å². The Balaban J connectivity index is 1.45. The van der Waals surface area contributed by atoms with E-state index in [-0.39, 0.29) is 17.5 Å². The maximum absolute atomic E-state index is 12.5. The van der Waals surface area contributed by atoms with E-state index in [1.54, 1.807) is 6.08 Å². The van der Waals surface area contributed by atoms with Gasteiger partial charge in [-0.25, -0.2) is 9.98 Å². The van der Waals surface area contributed by atoms with E-state index in [0.717, 1.165) is 36.0 Å². The lowest BCUT2D eigenvalue weighted by Gasteiger charge is -2.28. The SMILES string of the molecule is O=C1NC2=CC(=NC(=O)c3cnc4ccccc4n3)C=CC2C2=C1CCC2. The molecule has 0 bridgehead atoms. The zero-order valence-corrected chi connectivity index (χ0v) is 14.5. The number of para-hydroxylation sites is 2. The normalized spacial score (nSPS) is 22.5. The lowest BCUT2D eigenvalue weighted by atomic mass is 9.85. The molecule has 6 heteroatoms. The van der Waals surface area contributed by atoms with Crippen LogP contribution >= 0.6 is 0 Å². The third kappa shape index (κ3) is 2.70. The number of carbonyl (C=O) groups is 2. The zero-order valence-electron chi connectivity index (χ0n) is 14.5. The average Bonchev–Trinajstić information content (AvgIpc) is 3.18. The maximum Gasteiger partial charge on any atom is 0.297 e. The molecule has 0 fully saturated rings. The van der Waals surface area contributed by atoms with Crippen LogP contribution in [0.15, 0.2) is 70.5 Å². The fourth-order valence-electron chi connectivity index (χ4n) is 3.89. The molecule has 2 heterocycles. The average molecular weight is 356 g/mol. The van der Waals surface area contributed by atoms with Crippen molar-refractivity contribution in [1.29, 1.82) is 0 Å². The number of aromatic nitrogens is 2. The summed E-state index contributed by atoms with van der Waals surface area (Å²) in [6.45, 7) is 0. The number of benzene rings is 1. The van der Waals surface area contributed by atoms with Crippen molar-refractivity contribution in [2.75, 3.05) is 0 Å². The van der Waals surface area contributed by atoms with Gasteiger partial charge in [-0.2, -0.15) is 0 Å². The van der Waals surface area contributed by atoms with Crippen molar-refractivity contribution >= 4 is 28.6 Å². The molecule has 2 aromatic rings. The van der Waals surface area contributed by atoms with Crippen molar-refractivity contribution in [1.82, 2.24) is 15.3 Å². The number of allylic oxidation sites excluding steroid dienone is 3. The Morgan fingerprint density at radius 3 is 2.93 bits per heavy atom. The fraction of sp³-hybridized carbons (Fsp3) is 0.190. The van der Waals surface area contributed by atoms with Gasteiger partial charge < -0.3 is 5.32 Å². The first-order valence-electron chi connectivity index (χ1n) is 8.97. The van der Waals surface area contributed by atoms with E-state index < -0.39 is 5.91 Å². The number of amides is 2. The van der Waals surface area contributed by atoms with E-state index in [4.69, 9.17) is 0 Å². The highest BCUT2D eigenvalue weighted by molar-refractivity contribution is 6.14. The number of hydrogen-bond acceptors (Lipinski definition) is 4. The molecule has 3 aliphatic rings. The third-order valence-corrected chi connectivity index (χ3v) is 5.16. The Morgan fingerprint density at radius 1 is 1.19 bits per heavy atom. The van der Waals surface area contributed by atoms with Crippen LogP contribution in [0.2, 0.25) is 0 Å². The first-order chi connectivity index (χ1) is 13.2. The van der Waals surface area contributed by atoms with Crippen LogP contribution in [-0.4, -0.2) is 27.5 Å². The molecule has 132 valence electrons. The topological polar surface area (TPSA) is 84.3 Å². The van der Waals surface area contributed by atoms with Crippen LogP contribution in [0.3, 0.4) is 0 Å². The summed E-state index contributed by atoms with van der Waals surface area (Å²) >= 11 is 0. The molecule has 1 unspecified atom stereocenters. The lowest BCUT2D eigenvalue weighted by Crippen LogP contribution is -2.35. The summed E-state index contributed by atoms with van der Waals surface area (Å²) in [6, 6.07) is 7.37. The number of rotatable bonds is 1. The largest absolute Gasteiger partial charge is 0.325 e. The van der Waals surface area contributed by atoms with Crippen molar-refractivity contribution in [2.24, 2.45) is 10.9 Å². The van der Waals surface area contributed by atoms with Gasteiger partial charge in [0.25, 0.3) is 11.8 Å².